The molecular formula is C13H19NO. The lowest BCUT2D eigenvalue weighted by Crippen LogP contribution is -2.39. The van der Waals surface area contributed by atoms with E-state index in [1.54, 1.807) is 0 Å². The van der Waals surface area contributed by atoms with E-state index in [2.05, 4.69) is 31.2 Å². The fourth-order valence-electron chi connectivity index (χ4n) is 2.05. The minimum atomic E-state index is 0.306. The molecule has 82 valence electrons. The molecule has 0 radical (unpaired) electrons. The summed E-state index contributed by atoms with van der Waals surface area (Å²) in [5.74, 6) is 0.487. The maximum absolute atomic E-state index is 6.08. The normalized spacial score (nSPS) is 26.5. The monoisotopic (exact) mass is 205 g/mol. The average molecular weight is 205 g/mol. The van der Waals surface area contributed by atoms with Gasteiger partial charge in [0.1, 0.15) is 0 Å². The van der Waals surface area contributed by atoms with Crippen LogP contribution >= 0.6 is 0 Å². The fourth-order valence-corrected chi connectivity index (χ4v) is 2.05. The van der Waals surface area contributed by atoms with Crippen molar-refractivity contribution in [2.45, 2.75) is 25.8 Å². The van der Waals surface area contributed by atoms with E-state index < -0.39 is 0 Å². The van der Waals surface area contributed by atoms with Gasteiger partial charge >= 0.3 is 0 Å². The van der Waals surface area contributed by atoms with Crippen molar-refractivity contribution in [2.75, 3.05) is 13.2 Å². The third kappa shape index (κ3) is 2.80. The smallest absolute Gasteiger partial charge is 0.0512 e. The van der Waals surface area contributed by atoms with E-state index in [-0.39, 0.29) is 0 Å². The second-order valence-electron chi connectivity index (χ2n) is 4.48. The minimum Gasteiger partial charge on any atom is -0.381 e. The maximum atomic E-state index is 6.08. The molecule has 0 bridgehead atoms. The predicted octanol–water partition coefficient (Wildman–Crippen LogP) is 1.90. The van der Waals surface area contributed by atoms with Crippen LogP contribution in [0.1, 0.15) is 17.5 Å². The molecule has 1 saturated heterocycles. The summed E-state index contributed by atoms with van der Waals surface area (Å²) >= 11 is 0. The molecule has 0 aliphatic carbocycles. The number of rotatable bonds is 2. The van der Waals surface area contributed by atoms with Gasteiger partial charge in [-0.1, -0.05) is 29.8 Å². The van der Waals surface area contributed by atoms with Gasteiger partial charge in [0.15, 0.2) is 0 Å². The van der Waals surface area contributed by atoms with E-state index >= 15 is 0 Å². The van der Waals surface area contributed by atoms with Crippen molar-refractivity contribution in [3.8, 4) is 0 Å². The molecule has 2 N–H and O–H groups in total. The quantitative estimate of drug-likeness (QED) is 0.800. The molecule has 1 aliphatic rings. The lowest BCUT2D eigenvalue weighted by Gasteiger charge is -2.28. The van der Waals surface area contributed by atoms with Crippen molar-refractivity contribution in [1.82, 2.24) is 0 Å². The van der Waals surface area contributed by atoms with Crippen LogP contribution in [0.2, 0.25) is 0 Å². The number of hydrogen-bond donors (Lipinski definition) is 1. The van der Waals surface area contributed by atoms with E-state index in [0.717, 1.165) is 26.1 Å². The summed E-state index contributed by atoms with van der Waals surface area (Å²) < 4.78 is 5.47. The molecule has 1 aromatic rings. The van der Waals surface area contributed by atoms with Crippen LogP contribution in [-0.2, 0) is 11.2 Å². The first-order chi connectivity index (χ1) is 7.25. The van der Waals surface area contributed by atoms with Crippen LogP contribution in [0.4, 0.5) is 0 Å². The summed E-state index contributed by atoms with van der Waals surface area (Å²) in [6.07, 6.45) is 2.04. The van der Waals surface area contributed by atoms with Crippen LogP contribution in [0.5, 0.6) is 0 Å². The van der Waals surface area contributed by atoms with Gasteiger partial charge in [0, 0.05) is 18.6 Å². The van der Waals surface area contributed by atoms with Gasteiger partial charge in [0.2, 0.25) is 0 Å². The Kier molecular flexibility index (Phi) is 3.39. The van der Waals surface area contributed by atoms with E-state index in [1.807, 2.05) is 0 Å². The summed E-state index contributed by atoms with van der Waals surface area (Å²) in [6, 6.07) is 9.00. The number of aryl methyl sites for hydroxylation is 1. The zero-order valence-electron chi connectivity index (χ0n) is 9.28. The van der Waals surface area contributed by atoms with Crippen molar-refractivity contribution in [2.24, 2.45) is 11.7 Å². The van der Waals surface area contributed by atoms with Gasteiger partial charge in [0.05, 0.1) is 6.61 Å². The Bertz CT molecular complexity index is 307. The molecule has 2 atom stereocenters. The topological polar surface area (TPSA) is 35.2 Å². The van der Waals surface area contributed by atoms with Crippen LogP contribution in [0.15, 0.2) is 24.3 Å². The molecule has 0 unspecified atom stereocenters. The third-order valence-corrected chi connectivity index (χ3v) is 3.15. The van der Waals surface area contributed by atoms with Crippen molar-refractivity contribution in [3.05, 3.63) is 35.4 Å². The van der Waals surface area contributed by atoms with Crippen molar-refractivity contribution >= 4 is 0 Å². The van der Waals surface area contributed by atoms with Crippen molar-refractivity contribution < 1.29 is 4.74 Å². The van der Waals surface area contributed by atoms with Crippen LogP contribution in [-0.4, -0.2) is 19.3 Å². The second kappa shape index (κ2) is 4.77. The van der Waals surface area contributed by atoms with Gasteiger partial charge < -0.3 is 10.5 Å². The van der Waals surface area contributed by atoms with E-state index in [4.69, 9.17) is 10.5 Å². The number of hydrogen-bond acceptors (Lipinski definition) is 2. The van der Waals surface area contributed by atoms with Gasteiger partial charge in [-0.3, -0.25) is 0 Å². The molecule has 1 aromatic carbocycles. The largest absolute Gasteiger partial charge is 0.381 e. The molecule has 1 aliphatic heterocycles. The van der Waals surface area contributed by atoms with E-state index in [9.17, 15) is 0 Å². The Morgan fingerprint density at radius 1 is 1.33 bits per heavy atom. The SMILES string of the molecule is Cc1ccc(C[C@@H]2COCC[C@H]2N)cc1. The first-order valence-corrected chi connectivity index (χ1v) is 5.64. The van der Waals surface area contributed by atoms with Gasteiger partial charge in [-0.2, -0.15) is 0 Å². The van der Waals surface area contributed by atoms with Gasteiger partial charge in [-0.05, 0) is 25.3 Å². The first-order valence-electron chi connectivity index (χ1n) is 5.64. The first kappa shape index (κ1) is 10.7. The van der Waals surface area contributed by atoms with Gasteiger partial charge in [-0.25, -0.2) is 0 Å². The molecule has 0 saturated carbocycles. The molecule has 2 rings (SSSR count). The summed E-state index contributed by atoms with van der Waals surface area (Å²) in [5, 5.41) is 0. The Balaban J connectivity index is 1.98. The predicted molar refractivity (Wildman–Crippen MR) is 61.8 cm³/mol. The molecule has 1 heterocycles. The Hall–Kier alpha value is -0.860. The van der Waals surface area contributed by atoms with E-state index in [0.29, 0.717) is 12.0 Å². The molecule has 15 heavy (non-hydrogen) atoms. The molecule has 0 aromatic heterocycles. The second-order valence-corrected chi connectivity index (χ2v) is 4.48. The maximum Gasteiger partial charge on any atom is 0.0512 e. The average Bonchev–Trinajstić information content (AvgIpc) is 2.25. The molecule has 2 nitrogen and oxygen atoms in total. The highest BCUT2D eigenvalue weighted by atomic mass is 16.5. The minimum absolute atomic E-state index is 0.306. The van der Waals surface area contributed by atoms with Gasteiger partial charge in [0.25, 0.3) is 0 Å². The third-order valence-electron chi connectivity index (χ3n) is 3.15. The summed E-state index contributed by atoms with van der Waals surface area (Å²) in [6.45, 7) is 3.75. The standard InChI is InChI=1S/C13H19NO/c1-10-2-4-11(5-3-10)8-12-9-15-7-6-13(12)14/h2-5,12-13H,6-9,14H2,1H3/t12-,13-/m1/s1. The molecule has 0 spiro atoms. The molecule has 1 fully saturated rings. The van der Waals surface area contributed by atoms with Crippen molar-refractivity contribution in [1.29, 1.82) is 0 Å². The Morgan fingerprint density at radius 3 is 2.73 bits per heavy atom. The summed E-state index contributed by atoms with van der Waals surface area (Å²) in [4.78, 5) is 0. The lowest BCUT2D eigenvalue weighted by molar-refractivity contribution is 0.0422. The summed E-state index contributed by atoms with van der Waals surface area (Å²) in [5.41, 5.74) is 8.75. The number of benzene rings is 1. The lowest BCUT2D eigenvalue weighted by atomic mass is 9.90. The highest BCUT2D eigenvalue weighted by Crippen LogP contribution is 2.18. The van der Waals surface area contributed by atoms with Crippen LogP contribution < -0.4 is 5.73 Å². The Morgan fingerprint density at radius 2 is 2.07 bits per heavy atom. The zero-order chi connectivity index (χ0) is 10.7. The highest BCUT2D eigenvalue weighted by Gasteiger charge is 2.22. The highest BCUT2D eigenvalue weighted by molar-refractivity contribution is 5.21. The summed E-state index contributed by atoms with van der Waals surface area (Å²) in [7, 11) is 0. The Labute approximate surface area is 91.4 Å². The number of ether oxygens (including phenoxy) is 1. The molecule has 2 heteroatoms. The van der Waals surface area contributed by atoms with Crippen LogP contribution in [0.25, 0.3) is 0 Å². The number of nitrogens with two attached hydrogens (primary N) is 1. The fraction of sp³-hybridized carbons (Fsp3) is 0.538. The van der Waals surface area contributed by atoms with Crippen LogP contribution in [0, 0.1) is 12.8 Å². The molecule has 0 amide bonds. The zero-order valence-corrected chi connectivity index (χ0v) is 9.28. The van der Waals surface area contributed by atoms with Crippen molar-refractivity contribution in [3.63, 3.8) is 0 Å². The molecular weight excluding hydrogens is 186 g/mol. The van der Waals surface area contributed by atoms with Gasteiger partial charge in [-0.15, -0.1) is 0 Å². The van der Waals surface area contributed by atoms with E-state index in [1.165, 1.54) is 11.1 Å². The van der Waals surface area contributed by atoms with Crippen LogP contribution in [0.3, 0.4) is 0 Å².